The highest BCUT2D eigenvalue weighted by Crippen LogP contribution is 2.56. The summed E-state index contributed by atoms with van der Waals surface area (Å²) in [5.74, 6) is 0. The van der Waals surface area contributed by atoms with Crippen molar-refractivity contribution in [2.24, 2.45) is 0 Å². The molecule has 5 nitrogen and oxygen atoms in total. The molecular weight excluding hydrogens is 469 g/mol. The fourth-order valence-electron chi connectivity index (χ4n) is 4.75. The average molecular weight is 489 g/mol. The molecule has 6 rings (SSSR count). The van der Waals surface area contributed by atoms with Gasteiger partial charge in [-0.2, -0.15) is 0 Å². The zero-order valence-electron chi connectivity index (χ0n) is 17.7. The minimum absolute atomic E-state index is 0.152. The first-order valence-corrected chi connectivity index (χ1v) is 13.1. The molecule has 0 radical (unpaired) electrons. The van der Waals surface area contributed by atoms with E-state index in [1.807, 2.05) is 36.9 Å². The Kier molecular flexibility index (Phi) is 5.52. The van der Waals surface area contributed by atoms with Gasteiger partial charge >= 0.3 is 0 Å². The largest absolute Gasteiger partial charge is 0.310 e. The maximum Gasteiger partial charge on any atom is 0.198 e. The van der Waals surface area contributed by atoms with Crippen LogP contribution in [0.3, 0.4) is 0 Å². The van der Waals surface area contributed by atoms with Crippen LogP contribution in [0.5, 0.6) is 0 Å². The Morgan fingerprint density at radius 2 is 1.79 bits per heavy atom. The number of aromatic nitrogens is 4. The normalized spacial score (nSPS) is 20.9. The number of allylic oxidation sites excluding steroid dienone is 2. The number of hydrogen-bond donors (Lipinski definition) is 0. The summed E-state index contributed by atoms with van der Waals surface area (Å²) in [6.07, 6.45) is 13.3. The van der Waals surface area contributed by atoms with Crippen LogP contribution in [-0.2, 0) is 11.3 Å². The molecule has 0 bridgehead atoms. The van der Waals surface area contributed by atoms with Gasteiger partial charge in [0, 0.05) is 43.3 Å². The molecule has 2 aliphatic heterocycles. The number of rotatable bonds is 2. The van der Waals surface area contributed by atoms with Crippen molar-refractivity contribution in [1.29, 1.82) is 0 Å². The lowest BCUT2D eigenvalue weighted by Gasteiger charge is -2.35. The number of nitrogens with zero attached hydrogens (tertiary/aromatic N) is 4. The third-order valence-corrected chi connectivity index (χ3v) is 8.89. The molecule has 8 heteroatoms. The average Bonchev–Trinajstić information content (AvgIpc) is 2.84. The lowest BCUT2D eigenvalue weighted by Crippen LogP contribution is -2.21. The minimum Gasteiger partial charge on any atom is -0.310 e. The molecule has 0 N–H and O–H groups in total. The summed E-state index contributed by atoms with van der Waals surface area (Å²) in [5.41, 5.74) is 7.39. The zero-order chi connectivity index (χ0) is 22.4. The maximum absolute atomic E-state index is 12.1. The Bertz CT molecular complexity index is 1380. The predicted octanol–water partition coefficient (Wildman–Crippen LogP) is 6.29. The van der Waals surface area contributed by atoms with Crippen LogP contribution >= 0.6 is 35.7 Å². The summed E-state index contributed by atoms with van der Waals surface area (Å²) in [7, 11) is 0. The molecule has 164 valence electrons. The molecule has 3 aromatic heterocycles. The summed E-state index contributed by atoms with van der Waals surface area (Å²) in [6, 6.07) is 8.26. The molecule has 0 fully saturated rings. The van der Waals surface area contributed by atoms with Crippen molar-refractivity contribution < 1.29 is 4.79 Å². The van der Waals surface area contributed by atoms with Crippen molar-refractivity contribution in [2.45, 2.75) is 47.7 Å². The quantitative estimate of drug-likeness (QED) is 0.238. The van der Waals surface area contributed by atoms with Crippen LogP contribution in [0.4, 0.5) is 0 Å². The van der Waals surface area contributed by atoms with Gasteiger partial charge in [0.05, 0.1) is 5.25 Å². The van der Waals surface area contributed by atoms with Crippen molar-refractivity contribution >= 4 is 52.5 Å². The van der Waals surface area contributed by atoms with Crippen molar-refractivity contribution in [1.82, 2.24) is 19.5 Å². The van der Waals surface area contributed by atoms with Crippen LogP contribution in [0.25, 0.3) is 11.6 Å². The Balaban J connectivity index is 1.60. The maximum atomic E-state index is 12.1. The van der Waals surface area contributed by atoms with E-state index in [0.717, 1.165) is 45.2 Å². The third-order valence-electron chi connectivity index (χ3n) is 6.23. The summed E-state index contributed by atoms with van der Waals surface area (Å²) in [6.45, 7) is 0.602. The SMILES string of the molecule is O=C1CCn2c(nc3c(c2=S)C2=C(CCC/C2=C\c2ccncc2)C(c2ccncc2)S3)S1. The highest BCUT2D eigenvalue weighted by atomic mass is 32.2. The summed E-state index contributed by atoms with van der Waals surface area (Å²) < 4.78 is 2.85. The van der Waals surface area contributed by atoms with E-state index < -0.39 is 0 Å². The number of hydrogen-bond acceptors (Lipinski definition) is 7. The van der Waals surface area contributed by atoms with Gasteiger partial charge in [-0.15, -0.1) is 0 Å². The molecule has 5 heterocycles. The Morgan fingerprint density at radius 3 is 2.58 bits per heavy atom. The zero-order valence-corrected chi connectivity index (χ0v) is 20.2. The van der Waals surface area contributed by atoms with Crippen molar-refractivity contribution in [2.75, 3.05) is 0 Å². The van der Waals surface area contributed by atoms with Gasteiger partial charge in [-0.3, -0.25) is 14.8 Å². The second-order valence-electron chi connectivity index (χ2n) is 8.24. The first-order chi connectivity index (χ1) is 16.2. The Labute approximate surface area is 205 Å². The molecule has 0 spiro atoms. The Morgan fingerprint density at radius 1 is 1.03 bits per heavy atom. The fraction of sp³-hybridized carbons (Fsp3) is 0.240. The molecule has 0 amide bonds. The molecule has 3 aliphatic rings. The molecule has 0 aromatic carbocycles. The lowest BCUT2D eigenvalue weighted by molar-refractivity contribution is -0.111. The van der Waals surface area contributed by atoms with E-state index in [9.17, 15) is 4.79 Å². The van der Waals surface area contributed by atoms with Gasteiger partial charge in [-0.05, 0) is 83.1 Å². The van der Waals surface area contributed by atoms with E-state index in [0.29, 0.717) is 13.0 Å². The standard InChI is InChI=1S/C25H20N4OS3/c30-19-8-13-29-24(31)21-20-17(14-15-4-9-26-10-5-15)2-1-3-18(20)22(16-6-11-27-12-7-16)33-23(21)28-25(29)32-19/h4-7,9-12,14,22H,1-3,8,13H2/b17-14+. The number of carbonyl (C=O) groups excluding carboxylic acids is 1. The van der Waals surface area contributed by atoms with Crippen molar-refractivity contribution in [3.63, 3.8) is 0 Å². The van der Waals surface area contributed by atoms with Gasteiger partial charge in [-0.25, -0.2) is 4.98 Å². The van der Waals surface area contributed by atoms with Crippen LogP contribution in [0.1, 0.15) is 47.6 Å². The molecule has 1 unspecified atom stereocenters. The van der Waals surface area contributed by atoms with Crippen LogP contribution in [0, 0.1) is 4.64 Å². The first kappa shape index (κ1) is 21.0. The van der Waals surface area contributed by atoms with Gasteiger partial charge in [0.15, 0.2) is 10.3 Å². The molecule has 1 aliphatic carbocycles. The number of thioether (sulfide) groups is 2. The smallest absolute Gasteiger partial charge is 0.198 e. The summed E-state index contributed by atoms with van der Waals surface area (Å²) >= 11 is 9.02. The fourth-order valence-corrected chi connectivity index (χ4v) is 7.48. The second kappa shape index (κ2) is 8.66. The van der Waals surface area contributed by atoms with Gasteiger partial charge < -0.3 is 4.57 Å². The Hall–Kier alpha value is -2.55. The molecule has 0 saturated heterocycles. The van der Waals surface area contributed by atoms with E-state index >= 15 is 0 Å². The van der Waals surface area contributed by atoms with Crippen LogP contribution in [0.2, 0.25) is 0 Å². The third kappa shape index (κ3) is 3.80. The second-order valence-corrected chi connectivity index (χ2v) is 10.7. The van der Waals surface area contributed by atoms with Crippen LogP contribution in [0.15, 0.2) is 70.4 Å². The van der Waals surface area contributed by atoms with E-state index in [1.165, 1.54) is 34.0 Å². The van der Waals surface area contributed by atoms with E-state index in [1.54, 1.807) is 11.8 Å². The number of fused-ring (bicyclic) bond motifs is 3. The first-order valence-electron chi connectivity index (χ1n) is 11.0. The molecule has 1 atom stereocenters. The number of carbonyl (C=O) groups is 1. The van der Waals surface area contributed by atoms with E-state index in [2.05, 4.69) is 32.7 Å². The van der Waals surface area contributed by atoms with Gasteiger partial charge in [-0.1, -0.05) is 30.1 Å². The van der Waals surface area contributed by atoms with E-state index in [-0.39, 0.29) is 10.4 Å². The van der Waals surface area contributed by atoms with Gasteiger partial charge in [0.1, 0.15) is 9.67 Å². The molecule has 0 saturated carbocycles. The van der Waals surface area contributed by atoms with Crippen LogP contribution < -0.4 is 0 Å². The van der Waals surface area contributed by atoms with Gasteiger partial charge in [0.25, 0.3) is 0 Å². The molecular formula is C25H20N4OS3. The highest BCUT2D eigenvalue weighted by molar-refractivity contribution is 8.13. The summed E-state index contributed by atoms with van der Waals surface area (Å²) in [5, 5.41) is 1.96. The highest BCUT2D eigenvalue weighted by Gasteiger charge is 2.36. The summed E-state index contributed by atoms with van der Waals surface area (Å²) in [4.78, 5) is 25.5. The topological polar surface area (TPSA) is 60.7 Å². The van der Waals surface area contributed by atoms with Gasteiger partial charge in [0.2, 0.25) is 0 Å². The minimum atomic E-state index is 0.152. The van der Waals surface area contributed by atoms with Crippen LogP contribution in [-0.4, -0.2) is 24.6 Å². The van der Waals surface area contributed by atoms with Crippen molar-refractivity contribution in [3.05, 3.63) is 81.5 Å². The van der Waals surface area contributed by atoms with E-state index in [4.69, 9.17) is 17.2 Å². The monoisotopic (exact) mass is 488 g/mol. The molecule has 33 heavy (non-hydrogen) atoms. The molecule has 3 aromatic rings. The lowest BCUT2D eigenvalue weighted by atomic mass is 9.80. The predicted molar refractivity (Wildman–Crippen MR) is 134 cm³/mol. The number of pyridine rings is 2. The van der Waals surface area contributed by atoms with Crippen molar-refractivity contribution in [3.8, 4) is 0 Å².